The molecule has 0 saturated heterocycles. The van der Waals surface area contributed by atoms with E-state index in [0.29, 0.717) is 12.1 Å². The van der Waals surface area contributed by atoms with E-state index in [1.165, 1.54) is 36.4 Å². The van der Waals surface area contributed by atoms with Crippen molar-refractivity contribution >= 4 is 75.7 Å². The predicted octanol–water partition coefficient (Wildman–Crippen LogP) is 8.99. The molecule has 0 amide bonds. The molecule has 0 aliphatic carbocycles. The van der Waals surface area contributed by atoms with Gasteiger partial charge in [0.05, 0.1) is 43.7 Å². The Bertz CT molecular complexity index is 2600. The van der Waals surface area contributed by atoms with Crippen LogP contribution in [0, 0.1) is 0 Å². The van der Waals surface area contributed by atoms with E-state index < -0.39 is 64.7 Å². The maximum absolute atomic E-state index is 14.3. The van der Waals surface area contributed by atoms with E-state index in [4.69, 9.17) is 21.7 Å². The van der Waals surface area contributed by atoms with Crippen molar-refractivity contribution < 1.29 is 43.2 Å². The molecule has 0 aliphatic heterocycles. The first-order valence-corrected chi connectivity index (χ1v) is 18.2. The number of hydrogen-bond acceptors (Lipinski definition) is 10. The Morgan fingerprint density at radius 1 is 0.444 bits per heavy atom. The Labute approximate surface area is 301 Å². The minimum absolute atomic E-state index is 0.1000. The van der Waals surface area contributed by atoms with E-state index in [1.54, 1.807) is 12.1 Å². The van der Waals surface area contributed by atoms with Crippen molar-refractivity contribution in [1.29, 1.82) is 0 Å². The van der Waals surface area contributed by atoms with Crippen LogP contribution in [0.2, 0.25) is 0 Å². The number of fused-ring (bicyclic) bond motifs is 2. The van der Waals surface area contributed by atoms with Gasteiger partial charge in [-0.15, -0.1) is 20.5 Å². The fourth-order valence-corrected chi connectivity index (χ4v) is 7.13. The number of rotatable bonds is 7. The lowest BCUT2D eigenvalue weighted by molar-refractivity contribution is -0.138. The maximum Gasteiger partial charge on any atom is 0.418 e. The van der Waals surface area contributed by atoms with E-state index in [0.717, 1.165) is 36.4 Å². The van der Waals surface area contributed by atoms with Gasteiger partial charge in [0.2, 0.25) is 20.0 Å². The monoisotopic (exact) mass is 786 g/mol. The number of azo groups is 2. The van der Waals surface area contributed by atoms with Crippen molar-refractivity contribution in [2.24, 2.45) is 30.7 Å². The van der Waals surface area contributed by atoms with Crippen LogP contribution >= 0.6 is 0 Å². The molecule has 0 bridgehead atoms. The number of benzene rings is 6. The molecule has 12 nitrogen and oxygen atoms in total. The SMILES string of the molecule is Nc1c(N=Nc2ccc(-c3ccc(N=Nc4cc(S(N)(=O)=O)c5ccccc5c4N)c(C(F)(F)F)c3)cc2C(F)(F)F)cc(S(N)(=O)=O)c2ccccc12. The molecule has 8 N–H and O–H groups in total. The minimum Gasteiger partial charge on any atom is -0.396 e. The third-order valence-corrected chi connectivity index (χ3v) is 10.0. The summed E-state index contributed by atoms with van der Waals surface area (Å²) in [6.07, 6.45) is -10.2. The average molecular weight is 787 g/mol. The Morgan fingerprint density at radius 2 is 0.759 bits per heavy atom. The predicted molar refractivity (Wildman–Crippen MR) is 190 cm³/mol. The van der Waals surface area contributed by atoms with Gasteiger partial charge in [0.1, 0.15) is 11.4 Å². The molecule has 0 atom stereocenters. The van der Waals surface area contributed by atoms with Crippen LogP contribution in [0.15, 0.2) is 127 Å². The second-order valence-electron chi connectivity index (χ2n) is 11.7. The smallest absolute Gasteiger partial charge is 0.396 e. The quantitative estimate of drug-likeness (QED) is 0.0702. The summed E-state index contributed by atoms with van der Waals surface area (Å²) in [6.45, 7) is 0. The standard InChI is InChI=1S/C34H24F6N8O4S2/c35-33(36,37)23-13-17(9-11-25(23)45-47-27-15-29(53(43,49)50)19-5-1-3-7-21(19)31(27)41)18-10-12-26(24(14-18)34(38,39)40)46-48-28-16-30(54(44,51)52)20-6-2-4-8-22(20)32(28)42/h1-16H,41-42H2,(H2,43,49,50)(H2,44,51,52). The molecule has 0 aromatic heterocycles. The topological polar surface area (TPSA) is 222 Å². The van der Waals surface area contributed by atoms with Crippen molar-refractivity contribution in [3.05, 3.63) is 108 Å². The Hall–Kier alpha value is -5.96. The highest BCUT2D eigenvalue weighted by Gasteiger charge is 2.36. The van der Waals surface area contributed by atoms with E-state index >= 15 is 0 Å². The summed E-state index contributed by atoms with van der Waals surface area (Å²) in [4.78, 5) is -0.796. The first-order chi connectivity index (χ1) is 25.1. The van der Waals surface area contributed by atoms with Gasteiger partial charge in [-0.2, -0.15) is 26.3 Å². The molecule has 0 radical (unpaired) electrons. The molecule has 0 heterocycles. The molecule has 0 saturated carbocycles. The fraction of sp³-hybridized carbons (Fsp3) is 0.0588. The molecule has 0 fully saturated rings. The third-order valence-electron chi connectivity index (χ3n) is 8.13. The van der Waals surface area contributed by atoms with E-state index in [2.05, 4.69) is 20.5 Å². The number of anilines is 2. The van der Waals surface area contributed by atoms with Gasteiger partial charge >= 0.3 is 12.4 Å². The number of nitrogen functional groups attached to an aromatic ring is 2. The van der Waals surface area contributed by atoms with Gasteiger partial charge in [-0.25, -0.2) is 27.1 Å². The second kappa shape index (κ2) is 13.5. The molecular weight excluding hydrogens is 763 g/mol. The first-order valence-electron chi connectivity index (χ1n) is 15.1. The zero-order valence-electron chi connectivity index (χ0n) is 27.1. The molecule has 20 heteroatoms. The van der Waals surface area contributed by atoms with Crippen LogP contribution in [-0.2, 0) is 32.4 Å². The van der Waals surface area contributed by atoms with Crippen molar-refractivity contribution in [2.45, 2.75) is 22.1 Å². The number of hydrogen-bond donors (Lipinski definition) is 4. The zero-order valence-corrected chi connectivity index (χ0v) is 28.7. The molecule has 0 aliphatic rings. The van der Waals surface area contributed by atoms with Gasteiger partial charge < -0.3 is 11.5 Å². The van der Waals surface area contributed by atoms with E-state index in [9.17, 15) is 43.2 Å². The van der Waals surface area contributed by atoms with Gasteiger partial charge in [-0.1, -0.05) is 60.7 Å². The lowest BCUT2D eigenvalue weighted by Gasteiger charge is -2.15. The van der Waals surface area contributed by atoms with Crippen LogP contribution in [0.5, 0.6) is 0 Å². The van der Waals surface area contributed by atoms with Crippen LogP contribution in [-0.4, -0.2) is 16.8 Å². The Balaban J connectivity index is 1.41. The average Bonchev–Trinajstić information content (AvgIpc) is 3.09. The molecule has 6 rings (SSSR count). The molecule has 0 unspecified atom stereocenters. The number of nitrogens with zero attached hydrogens (tertiary/aromatic N) is 4. The zero-order chi connectivity index (χ0) is 39.4. The molecule has 6 aromatic rings. The number of alkyl halides is 6. The van der Waals surface area contributed by atoms with Gasteiger partial charge in [-0.05, 0) is 47.5 Å². The molecule has 0 spiro atoms. The van der Waals surface area contributed by atoms with Crippen LogP contribution in [0.4, 0.5) is 60.5 Å². The van der Waals surface area contributed by atoms with Crippen LogP contribution in [0.25, 0.3) is 32.7 Å². The largest absolute Gasteiger partial charge is 0.418 e. The van der Waals surface area contributed by atoms with Crippen LogP contribution in [0.3, 0.4) is 0 Å². The number of nitrogens with two attached hydrogens (primary N) is 4. The summed E-state index contributed by atoms with van der Waals surface area (Å²) in [5.41, 5.74) is 6.58. The Kier molecular flexibility index (Phi) is 9.42. The lowest BCUT2D eigenvalue weighted by Crippen LogP contribution is -2.13. The lowest BCUT2D eigenvalue weighted by atomic mass is 9.99. The first kappa shape index (κ1) is 37.8. The van der Waals surface area contributed by atoms with Crippen molar-refractivity contribution in [1.82, 2.24) is 0 Å². The summed E-state index contributed by atoms with van der Waals surface area (Å²) < 4.78 is 135. The molecule has 278 valence electrons. The van der Waals surface area contributed by atoms with Gasteiger partial charge in [0.25, 0.3) is 0 Å². The highest BCUT2D eigenvalue weighted by atomic mass is 32.2. The fourth-order valence-electron chi connectivity index (χ4n) is 5.61. The summed E-state index contributed by atoms with van der Waals surface area (Å²) in [6, 6.07) is 18.8. The van der Waals surface area contributed by atoms with Gasteiger partial charge in [0, 0.05) is 21.5 Å². The van der Waals surface area contributed by atoms with Crippen molar-refractivity contribution in [3.8, 4) is 11.1 Å². The number of primary sulfonamides is 2. The van der Waals surface area contributed by atoms with E-state index in [-0.39, 0.29) is 55.4 Å². The van der Waals surface area contributed by atoms with Crippen molar-refractivity contribution in [3.63, 3.8) is 0 Å². The van der Waals surface area contributed by atoms with Crippen LogP contribution < -0.4 is 21.7 Å². The number of sulfonamides is 2. The molecule has 54 heavy (non-hydrogen) atoms. The van der Waals surface area contributed by atoms with Gasteiger partial charge in [-0.3, -0.25) is 0 Å². The number of halogens is 6. The summed E-state index contributed by atoms with van der Waals surface area (Å²) in [5.74, 6) is 0. The van der Waals surface area contributed by atoms with Gasteiger partial charge in [0.15, 0.2) is 0 Å². The molecular formula is C34H24F6N8O4S2. The summed E-state index contributed by atoms with van der Waals surface area (Å²) >= 11 is 0. The van der Waals surface area contributed by atoms with E-state index in [1.807, 2.05) is 0 Å². The highest BCUT2D eigenvalue weighted by molar-refractivity contribution is 7.89. The highest BCUT2D eigenvalue weighted by Crippen LogP contribution is 2.44. The summed E-state index contributed by atoms with van der Waals surface area (Å²) in [7, 11) is -8.67. The third kappa shape index (κ3) is 7.44. The normalized spacial score (nSPS) is 13.1. The summed E-state index contributed by atoms with van der Waals surface area (Å²) in [5, 5.41) is 26.3. The van der Waals surface area contributed by atoms with Crippen molar-refractivity contribution in [2.75, 3.05) is 11.5 Å². The minimum atomic E-state index is -5.08. The second-order valence-corrected chi connectivity index (χ2v) is 14.7. The Morgan fingerprint density at radius 3 is 1.07 bits per heavy atom. The molecule has 6 aromatic carbocycles. The van der Waals surface area contributed by atoms with Crippen LogP contribution in [0.1, 0.15) is 11.1 Å². The maximum atomic E-state index is 14.3.